The predicted molar refractivity (Wildman–Crippen MR) is 98.3 cm³/mol. The number of benzene rings is 1. The van der Waals surface area contributed by atoms with Crippen molar-refractivity contribution in [1.29, 1.82) is 0 Å². The molecule has 0 aliphatic carbocycles. The van der Waals surface area contributed by atoms with Gasteiger partial charge in [0.2, 0.25) is 10.0 Å². The lowest BCUT2D eigenvalue weighted by molar-refractivity contribution is 0.190. The maximum atomic E-state index is 11.9. The fourth-order valence-electron chi connectivity index (χ4n) is 2.57. The van der Waals surface area contributed by atoms with Crippen LogP contribution in [-0.2, 0) is 10.0 Å². The van der Waals surface area contributed by atoms with Crippen molar-refractivity contribution in [2.75, 3.05) is 37.2 Å². The molecule has 138 valence electrons. The molecule has 0 amide bonds. The van der Waals surface area contributed by atoms with Gasteiger partial charge in [0, 0.05) is 19.6 Å². The molecule has 2 aromatic rings. The van der Waals surface area contributed by atoms with Crippen LogP contribution in [0.25, 0.3) is 11.5 Å². The molecule has 0 radical (unpaired) electrons. The van der Waals surface area contributed by atoms with Crippen LogP contribution in [0.1, 0.15) is 18.8 Å². The summed E-state index contributed by atoms with van der Waals surface area (Å²) < 4.78 is 31.7. The minimum atomic E-state index is -3.38. The van der Waals surface area contributed by atoms with Crippen LogP contribution in [0, 0.1) is 0 Å². The highest BCUT2D eigenvalue weighted by Crippen LogP contribution is 2.29. The number of hydrogen-bond acceptors (Lipinski definition) is 7. The van der Waals surface area contributed by atoms with Crippen LogP contribution >= 0.6 is 12.4 Å². The number of anilines is 1. The van der Waals surface area contributed by atoms with Crippen molar-refractivity contribution >= 4 is 28.1 Å². The first-order valence-corrected chi connectivity index (χ1v) is 9.50. The summed E-state index contributed by atoms with van der Waals surface area (Å²) in [6, 6.07) is 7.04. The molecule has 1 aliphatic rings. The molecule has 8 nitrogen and oxygen atoms in total. The maximum absolute atomic E-state index is 11.9. The van der Waals surface area contributed by atoms with E-state index in [1.807, 2.05) is 7.05 Å². The quantitative estimate of drug-likeness (QED) is 0.801. The molecule has 0 bridgehead atoms. The molecule has 25 heavy (non-hydrogen) atoms. The van der Waals surface area contributed by atoms with Crippen LogP contribution < -0.4 is 10.0 Å². The lowest BCUT2D eigenvalue weighted by Crippen LogP contribution is -2.44. The van der Waals surface area contributed by atoms with Gasteiger partial charge >= 0.3 is 0 Å². The Bertz CT molecular complexity index is 811. The van der Waals surface area contributed by atoms with E-state index in [-0.39, 0.29) is 24.2 Å². The van der Waals surface area contributed by atoms with E-state index in [0.29, 0.717) is 23.0 Å². The van der Waals surface area contributed by atoms with Gasteiger partial charge in [0.25, 0.3) is 5.89 Å². The Morgan fingerprint density at radius 3 is 2.88 bits per heavy atom. The molecular weight excluding hydrogens is 366 g/mol. The number of piperazine rings is 1. The molecule has 2 heterocycles. The van der Waals surface area contributed by atoms with Crippen molar-refractivity contribution < 1.29 is 12.9 Å². The van der Waals surface area contributed by atoms with Gasteiger partial charge in [0.15, 0.2) is 5.82 Å². The third kappa shape index (κ3) is 4.49. The zero-order chi connectivity index (χ0) is 17.2. The summed E-state index contributed by atoms with van der Waals surface area (Å²) in [5, 5.41) is 7.39. The van der Waals surface area contributed by atoms with Crippen molar-refractivity contribution in [1.82, 2.24) is 20.4 Å². The SMILES string of the molecule is CCS(=O)(=O)Nc1ccccc1-c1nc(C2CNCCN2C)no1.Cl. The number of sulfonamides is 1. The van der Waals surface area contributed by atoms with Gasteiger partial charge in [-0.25, -0.2) is 8.42 Å². The van der Waals surface area contributed by atoms with Crippen LogP contribution in [0.3, 0.4) is 0 Å². The molecule has 1 saturated heterocycles. The van der Waals surface area contributed by atoms with E-state index < -0.39 is 10.0 Å². The maximum Gasteiger partial charge on any atom is 0.260 e. The van der Waals surface area contributed by atoms with E-state index in [9.17, 15) is 8.42 Å². The Morgan fingerprint density at radius 2 is 2.16 bits per heavy atom. The fraction of sp³-hybridized carbons (Fsp3) is 0.467. The standard InChI is InChI=1S/C15H21N5O3S.ClH/c1-3-24(21,22)19-12-7-5-4-6-11(12)15-17-14(18-23-15)13-10-16-8-9-20(13)2;/h4-7,13,16,19H,3,8-10H2,1-2H3;1H. The predicted octanol–water partition coefficient (Wildman–Crippen LogP) is 1.50. The summed E-state index contributed by atoms with van der Waals surface area (Å²) in [5.41, 5.74) is 1.00. The second-order valence-corrected chi connectivity index (χ2v) is 7.72. The molecule has 10 heteroatoms. The fourth-order valence-corrected chi connectivity index (χ4v) is 3.23. The minimum Gasteiger partial charge on any atom is -0.334 e. The molecule has 2 N–H and O–H groups in total. The van der Waals surface area contributed by atoms with Crippen LogP contribution in [0.4, 0.5) is 5.69 Å². The number of halogens is 1. The third-order valence-corrected chi connectivity index (χ3v) is 5.34. The number of likely N-dealkylation sites (N-methyl/N-ethyl adjacent to an activating group) is 1. The molecular formula is C15H22ClN5O3S. The molecule has 1 aromatic carbocycles. The molecule has 1 aliphatic heterocycles. The van der Waals surface area contributed by atoms with Gasteiger partial charge in [-0.2, -0.15) is 4.98 Å². The van der Waals surface area contributed by atoms with Gasteiger partial charge in [0.05, 0.1) is 23.0 Å². The highest BCUT2D eigenvalue weighted by Gasteiger charge is 2.26. The lowest BCUT2D eigenvalue weighted by atomic mass is 10.1. The topological polar surface area (TPSA) is 100 Å². The molecule has 1 unspecified atom stereocenters. The Kier molecular flexibility index (Phi) is 6.39. The van der Waals surface area contributed by atoms with Gasteiger partial charge in [0.1, 0.15) is 0 Å². The van der Waals surface area contributed by atoms with E-state index in [0.717, 1.165) is 19.6 Å². The van der Waals surface area contributed by atoms with E-state index in [2.05, 4.69) is 25.1 Å². The Balaban J connectivity index is 0.00000225. The van der Waals surface area contributed by atoms with Crippen molar-refractivity contribution in [3.63, 3.8) is 0 Å². The van der Waals surface area contributed by atoms with Gasteiger partial charge in [-0.1, -0.05) is 17.3 Å². The molecule has 1 atom stereocenters. The third-order valence-electron chi connectivity index (χ3n) is 4.05. The van der Waals surface area contributed by atoms with Crippen molar-refractivity contribution in [3.8, 4) is 11.5 Å². The van der Waals surface area contributed by atoms with E-state index >= 15 is 0 Å². The first kappa shape index (κ1) is 19.6. The van der Waals surface area contributed by atoms with Crippen molar-refractivity contribution in [2.24, 2.45) is 0 Å². The first-order chi connectivity index (χ1) is 11.5. The minimum absolute atomic E-state index is 0. The highest BCUT2D eigenvalue weighted by atomic mass is 35.5. The summed E-state index contributed by atoms with van der Waals surface area (Å²) in [5.74, 6) is 0.890. The average Bonchev–Trinajstić information content (AvgIpc) is 3.05. The van der Waals surface area contributed by atoms with Crippen LogP contribution in [0.2, 0.25) is 0 Å². The van der Waals surface area contributed by atoms with Gasteiger partial charge < -0.3 is 9.84 Å². The van der Waals surface area contributed by atoms with Crippen LogP contribution in [-0.4, -0.2) is 55.9 Å². The lowest BCUT2D eigenvalue weighted by Gasteiger charge is -2.30. The Labute approximate surface area is 153 Å². The summed E-state index contributed by atoms with van der Waals surface area (Å²) in [6.07, 6.45) is 0. The number of hydrogen-bond donors (Lipinski definition) is 2. The number of para-hydroxylation sites is 1. The molecule has 3 rings (SSSR count). The molecule has 0 spiro atoms. The number of nitrogens with one attached hydrogen (secondary N) is 2. The number of rotatable bonds is 5. The smallest absolute Gasteiger partial charge is 0.260 e. The molecule has 1 aromatic heterocycles. The van der Waals surface area contributed by atoms with Crippen LogP contribution in [0.15, 0.2) is 28.8 Å². The number of aromatic nitrogens is 2. The van der Waals surface area contributed by atoms with E-state index in [1.54, 1.807) is 31.2 Å². The Hall–Kier alpha value is -1.68. The molecule has 0 saturated carbocycles. The van der Waals surface area contributed by atoms with Gasteiger partial charge in [-0.15, -0.1) is 12.4 Å². The highest BCUT2D eigenvalue weighted by molar-refractivity contribution is 7.92. The van der Waals surface area contributed by atoms with E-state index in [4.69, 9.17) is 4.52 Å². The van der Waals surface area contributed by atoms with Crippen molar-refractivity contribution in [3.05, 3.63) is 30.1 Å². The largest absolute Gasteiger partial charge is 0.334 e. The zero-order valence-electron chi connectivity index (χ0n) is 14.1. The monoisotopic (exact) mass is 387 g/mol. The first-order valence-electron chi connectivity index (χ1n) is 7.84. The second kappa shape index (κ2) is 8.13. The van der Waals surface area contributed by atoms with Gasteiger partial charge in [-0.3, -0.25) is 9.62 Å². The zero-order valence-corrected chi connectivity index (χ0v) is 15.7. The average molecular weight is 388 g/mol. The number of nitrogens with zero attached hydrogens (tertiary/aromatic N) is 3. The van der Waals surface area contributed by atoms with Crippen molar-refractivity contribution in [2.45, 2.75) is 13.0 Å². The molecule has 1 fully saturated rings. The second-order valence-electron chi connectivity index (χ2n) is 5.71. The Morgan fingerprint density at radius 1 is 1.40 bits per heavy atom. The summed E-state index contributed by atoms with van der Waals surface area (Å²) in [6.45, 7) is 4.17. The summed E-state index contributed by atoms with van der Waals surface area (Å²) in [4.78, 5) is 6.64. The van der Waals surface area contributed by atoms with E-state index in [1.165, 1.54) is 0 Å². The summed E-state index contributed by atoms with van der Waals surface area (Å²) in [7, 11) is -1.36. The van der Waals surface area contributed by atoms with Crippen LogP contribution in [0.5, 0.6) is 0 Å². The van der Waals surface area contributed by atoms with Gasteiger partial charge in [-0.05, 0) is 26.1 Å². The normalized spacial score (nSPS) is 18.6. The summed E-state index contributed by atoms with van der Waals surface area (Å²) >= 11 is 0.